The summed E-state index contributed by atoms with van der Waals surface area (Å²) in [4.78, 5) is 2.33. The Bertz CT molecular complexity index is 514. The van der Waals surface area contributed by atoms with Crippen molar-refractivity contribution in [2.45, 2.75) is 194 Å². The molecular weight excluding hydrogens is 523 g/mol. The Morgan fingerprint density at radius 3 is 0.950 bits per heavy atom. The molecule has 0 fully saturated rings. The molecule has 0 aromatic carbocycles. The second kappa shape index (κ2) is 34.9. The van der Waals surface area contributed by atoms with Crippen molar-refractivity contribution >= 4 is 29.2 Å². The Balaban J connectivity index is 3.47. The van der Waals surface area contributed by atoms with Gasteiger partial charge in [-0.25, -0.2) is 0 Å². The van der Waals surface area contributed by atoms with E-state index in [-0.39, 0.29) is 0 Å². The first-order chi connectivity index (χ1) is 19.7. The maximum Gasteiger partial charge on any atom is 0.133 e. The Labute approximate surface area is 264 Å². The molecule has 0 bridgehead atoms. The van der Waals surface area contributed by atoms with Crippen molar-refractivity contribution in [3.05, 3.63) is 24.3 Å². The SMILES string of the molecule is CCCCCCCC/C=C\CCCCCCCCN(CCCCCCCC/C=C\CCCCCCCC)C(=S)S. The van der Waals surface area contributed by atoms with Crippen LogP contribution < -0.4 is 0 Å². The molecule has 0 aliphatic carbocycles. The highest BCUT2D eigenvalue weighted by molar-refractivity contribution is 8.10. The zero-order valence-electron chi connectivity index (χ0n) is 27.3. The van der Waals surface area contributed by atoms with E-state index in [0.717, 1.165) is 17.4 Å². The summed E-state index contributed by atoms with van der Waals surface area (Å²) < 4.78 is 0.792. The number of thiol groups is 1. The molecule has 1 nitrogen and oxygen atoms in total. The number of unbranched alkanes of at least 4 members (excludes halogenated alkanes) is 24. The van der Waals surface area contributed by atoms with Crippen molar-refractivity contribution in [2.75, 3.05) is 13.1 Å². The Hall–Kier alpha value is -0.280. The molecule has 3 heteroatoms. The third-order valence-corrected chi connectivity index (χ3v) is 8.69. The van der Waals surface area contributed by atoms with Gasteiger partial charge in [0.25, 0.3) is 0 Å². The summed E-state index contributed by atoms with van der Waals surface area (Å²) in [6, 6.07) is 0. The quantitative estimate of drug-likeness (QED) is 0.0357. The van der Waals surface area contributed by atoms with Gasteiger partial charge >= 0.3 is 0 Å². The van der Waals surface area contributed by atoms with Crippen LogP contribution in [0.4, 0.5) is 0 Å². The van der Waals surface area contributed by atoms with Crippen LogP contribution >= 0.6 is 24.8 Å². The predicted octanol–water partition coefficient (Wildman–Crippen LogP) is 13.6. The Morgan fingerprint density at radius 2 is 0.675 bits per heavy atom. The summed E-state index contributed by atoms with van der Waals surface area (Å²) in [6.07, 6.45) is 47.8. The van der Waals surface area contributed by atoms with Crippen molar-refractivity contribution in [1.29, 1.82) is 0 Å². The van der Waals surface area contributed by atoms with E-state index in [0.29, 0.717) is 0 Å². The number of thiocarbonyl (C=S) groups is 1. The fraction of sp³-hybridized carbons (Fsp3) is 0.865. The average molecular weight is 594 g/mol. The van der Waals surface area contributed by atoms with Gasteiger partial charge in [0.05, 0.1) is 0 Å². The highest BCUT2D eigenvalue weighted by atomic mass is 32.1. The molecule has 0 aromatic rings. The van der Waals surface area contributed by atoms with Crippen LogP contribution in [0.2, 0.25) is 0 Å². The lowest BCUT2D eigenvalue weighted by Gasteiger charge is -2.22. The van der Waals surface area contributed by atoms with Crippen LogP contribution in [0.3, 0.4) is 0 Å². The molecule has 0 amide bonds. The second-order valence-corrected chi connectivity index (χ2v) is 13.3. The minimum atomic E-state index is 0.792. The van der Waals surface area contributed by atoms with Gasteiger partial charge in [-0.3, -0.25) is 0 Å². The summed E-state index contributed by atoms with van der Waals surface area (Å²) in [7, 11) is 0. The van der Waals surface area contributed by atoms with Crippen LogP contribution in [0.15, 0.2) is 24.3 Å². The van der Waals surface area contributed by atoms with Crippen LogP contribution in [0, 0.1) is 0 Å². The third-order valence-electron chi connectivity index (χ3n) is 8.15. The largest absolute Gasteiger partial charge is 0.358 e. The van der Waals surface area contributed by atoms with Crippen molar-refractivity contribution < 1.29 is 0 Å². The molecule has 0 N–H and O–H groups in total. The molecule has 0 atom stereocenters. The van der Waals surface area contributed by atoms with Crippen molar-refractivity contribution in [3.8, 4) is 0 Å². The van der Waals surface area contributed by atoms with E-state index >= 15 is 0 Å². The van der Waals surface area contributed by atoms with Gasteiger partial charge in [0.1, 0.15) is 4.32 Å². The highest BCUT2D eigenvalue weighted by Gasteiger charge is 2.05. The lowest BCUT2D eigenvalue weighted by Crippen LogP contribution is -2.28. The molecule has 0 radical (unpaired) electrons. The molecule has 0 spiro atoms. The predicted molar refractivity (Wildman–Crippen MR) is 192 cm³/mol. The van der Waals surface area contributed by atoms with Gasteiger partial charge in [-0.1, -0.05) is 166 Å². The molecule has 0 aromatic heterocycles. The van der Waals surface area contributed by atoms with E-state index in [2.05, 4.69) is 55.7 Å². The zero-order valence-corrected chi connectivity index (χ0v) is 29.0. The smallest absolute Gasteiger partial charge is 0.133 e. The van der Waals surface area contributed by atoms with Crippen molar-refractivity contribution in [1.82, 2.24) is 4.90 Å². The highest BCUT2D eigenvalue weighted by Crippen LogP contribution is 2.13. The van der Waals surface area contributed by atoms with Gasteiger partial charge in [-0.2, -0.15) is 0 Å². The first-order valence-electron chi connectivity index (χ1n) is 18.0. The first-order valence-corrected chi connectivity index (χ1v) is 18.9. The Kier molecular flexibility index (Phi) is 34.7. The molecule has 0 saturated heterocycles. The molecule has 0 saturated carbocycles. The van der Waals surface area contributed by atoms with Crippen molar-refractivity contribution in [3.63, 3.8) is 0 Å². The number of allylic oxidation sites excluding steroid dienone is 4. The lowest BCUT2D eigenvalue weighted by molar-refractivity contribution is 0.395. The molecule has 0 aliphatic heterocycles. The normalized spacial score (nSPS) is 11.8. The maximum absolute atomic E-state index is 5.41. The van der Waals surface area contributed by atoms with Crippen LogP contribution in [0.5, 0.6) is 0 Å². The summed E-state index contributed by atoms with van der Waals surface area (Å²) >= 11 is 9.91. The van der Waals surface area contributed by atoms with E-state index in [1.807, 2.05) is 0 Å². The lowest BCUT2D eigenvalue weighted by atomic mass is 10.1. The first kappa shape index (κ1) is 39.7. The molecule has 0 unspecified atom stereocenters. The summed E-state index contributed by atoms with van der Waals surface area (Å²) in [5, 5.41) is 0. The van der Waals surface area contributed by atoms with Gasteiger partial charge in [0, 0.05) is 13.1 Å². The van der Waals surface area contributed by atoms with Crippen LogP contribution in [0.1, 0.15) is 194 Å². The van der Waals surface area contributed by atoms with Gasteiger partial charge < -0.3 is 4.90 Å². The average Bonchev–Trinajstić information content (AvgIpc) is 2.95. The monoisotopic (exact) mass is 594 g/mol. The third kappa shape index (κ3) is 32.2. The minimum Gasteiger partial charge on any atom is -0.358 e. The van der Waals surface area contributed by atoms with Crippen LogP contribution in [-0.2, 0) is 0 Å². The van der Waals surface area contributed by atoms with E-state index in [1.165, 1.54) is 180 Å². The molecule has 0 aliphatic rings. The molecule has 0 heterocycles. The number of hydrogen-bond donors (Lipinski definition) is 1. The second-order valence-electron chi connectivity index (χ2n) is 12.1. The van der Waals surface area contributed by atoms with Crippen LogP contribution in [0.25, 0.3) is 0 Å². The van der Waals surface area contributed by atoms with E-state index in [9.17, 15) is 0 Å². The van der Waals surface area contributed by atoms with E-state index in [1.54, 1.807) is 0 Å². The van der Waals surface area contributed by atoms with E-state index in [4.69, 9.17) is 12.2 Å². The summed E-state index contributed by atoms with van der Waals surface area (Å²) in [5.74, 6) is 0. The zero-order chi connectivity index (χ0) is 29.2. The molecule has 236 valence electrons. The van der Waals surface area contributed by atoms with Gasteiger partial charge in [0.2, 0.25) is 0 Å². The number of nitrogens with zero attached hydrogens (tertiary/aromatic N) is 1. The summed E-state index contributed by atoms with van der Waals surface area (Å²) in [5.41, 5.74) is 0. The van der Waals surface area contributed by atoms with Crippen molar-refractivity contribution in [2.24, 2.45) is 0 Å². The molecule has 0 rings (SSSR count). The number of rotatable bonds is 32. The molecular formula is C37H71NS2. The fourth-order valence-electron chi connectivity index (χ4n) is 5.40. The number of hydrogen-bond acceptors (Lipinski definition) is 1. The standard InChI is InChI=1S/C37H71NS2/c1-3-5-7-9-11-13-15-17-19-21-23-25-27-29-31-33-35-38(37(39)40)36-34-32-30-28-26-24-22-20-18-16-14-12-10-8-6-4-2/h17-20H,3-16,21-36H2,1-2H3,(H,39,40)/b19-17-,20-18-. The van der Waals surface area contributed by atoms with Gasteiger partial charge in [-0.05, 0) is 64.2 Å². The maximum atomic E-state index is 5.41. The van der Waals surface area contributed by atoms with Gasteiger partial charge in [0.15, 0.2) is 0 Å². The summed E-state index contributed by atoms with van der Waals surface area (Å²) in [6.45, 7) is 6.76. The topological polar surface area (TPSA) is 3.24 Å². The van der Waals surface area contributed by atoms with E-state index < -0.39 is 0 Å². The van der Waals surface area contributed by atoms with Crippen LogP contribution in [-0.4, -0.2) is 22.3 Å². The van der Waals surface area contributed by atoms with Gasteiger partial charge in [-0.15, -0.1) is 12.6 Å². The minimum absolute atomic E-state index is 0.792. The fourth-order valence-corrected chi connectivity index (χ4v) is 5.79. The molecule has 40 heavy (non-hydrogen) atoms. The Morgan fingerprint density at radius 1 is 0.425 bits per heavy atom.